The zero-order valence-electron chi connectivity index (χ0n) is 11.1. The minimum Gasteiger partial charge on any atom is -0.486 e. The zero-order chi connectivity index (χ0) is 14.3. The number of aliphatic carboxylic acids is 1. The Labute approximate surface area is 119 Å². The van der Waals surface area contributed by atoms with E-state index in [4.69, 9.17) is 14.6 Å². The van der Waals surface area contributed by atoms with Crippen LogP contribution in [0.25, 0.3) is 11.0 Å². The van der Waals surface area contributed by atoms with Gasteiger partial charge in [0.25, 0.3) is 0 Å². The number of thioether (sulfide) groups is 1. The van der Waals surface area contributed by atoms with E-state index in [9.17, 15) is 4.79 Å². The maximum atomic E-state index is 10.9. The second kappa shape index (κ2) is 4.90. The first-order chi connectivity index (χ1) is 9.56. The molecule has 1 aromatic heterocycles. The van der Waals surface area contributed by atoms with Gasteiger partial charge < -0.3 is 19.1 Å². The molecule has 1 aliphatic rings. The van der Waals surface area contributed by atoms with Crippen LogP contribution in [-0.4, -0.2) is 39.1 Å². The molecular weight excluding hydrogens is 280 g/mol. The van der Waals surface area contributed by atoms with Crippen LogP contribution in [0.1, 0.15) is 6.92 Å². The second-order valence-electron chi connectivity index (χ2n) is 4.54. The number of carboxylic acid groups (broad SMARTS) is 1. The van der Waals surface area contributed by atoms with Crippen LogP contribution in [0.5, 0.6) is 11.5 Å². The van der Waals surface area contributed by atoms with Gasteiger partial charge in [-0.2, -0.15) is 0 Å². The summed E-state index contributed by atoms with van der Waals surface area (Å²) in [5, 5.41) is 9.10. The highest BCUT2D eigenvalue weighted by Crippen LogP contribution is 2.36. The first-order valence-electron chi connectivity index (χ1n) is 6.22. The van der Waals surface area contributed by atoms with E-state index in [1.807, 2.05) is 23.7 Å². The molecule has 0 fully saturated rings. The summed E-state index contributed by atoms with van der Waals surface area (Å²) in [7, 11) is 1.86. The van der Waals surface area contributed by atoms with Crippen molar-refractivity contribution in [2.24, 2.45) is 7.05 Å². The van der Waals surface area contributed by atoms with Gasteiger partial charge in [0.15, 0.2) is 16.7 Å². The molecule has 0 saturated heterocycles. The maximum Gasteiger partial charge on any atom is 0.316 e. The number of carbonyl (C=O) groups is 1. The summed E-state index contributed by atoms with van der Waals surface area (Å²) in [5.41, 5.74) is 1.67. The van der Waals surface area contributed by atoms with E-state index in [1.165, 1.54) is 11.8 Å². The fourth-order valence-electron chi connectivity index (χ4n) is 2.02. The molecule has 0 radical (unpaired) electrons. The van der Waals surface area contributed by atoms with E-state index in [0.29, 0.717) is 29.9 Å². The van der Waals surface area contributed by atoms with E-state index in [0.717, 1.165) is 11.0 Å². The molecule has 2 heterocycles. The van der Waals surface area contributed by atoms with Crippen LogP contribution in [0.15, 0.2) is 17.3 Å². The van der Waals surface area contributed by atoms with Crippen molar-refractivity contribution in [2.75, 3.05) is 13.2 Å². The smallest absolute Gasteiger partial charge is 0.316 e. The second-order valence-corrected chi connectivity index (χ2v) is 5.84. The van der Waals surface area contributed by atoms with Crippen molar-refractivity contribution in [3.05, 3.63) is 12.1 Å². The van der Waals surface area contributed by atoms with Crippen LogP contribution in [0.4, 0.5) is 0 Å². The molecule has 20 heavy (non-hydrogen) atoms. The van der Waals surface area contributed by atoms with Gasteiger partial charge in [-0.15, -0.1) is 0 Å². The molecule has 106 valence electrons. The number of imidazole rings is 1. The van der Waals surface area contributed by atoms with Crippen molar-refractivity contribution < 1.29 is 19.4 Å². The van der Waals surface area contributed by atoms with Crippen LogP contribution in [-0.2, 0) is 11.8 Å². The summed E-state index contributed by atoms with van der Waals surface area (Å²) in [4.78, 5) is 15.4. The van der Waals surface area contributed by atoms with Gasteiger partial charge in [0.1, 0.15) is 18.5 Å². The highest BCUT2D eigenvalue weighted by atomic mass is 32.2. The minimum absolute atomic E-state index is 0.531. The molecule has 1 aromatic carbocycles. The predicted octanol–water partition coefficient (Wildman–Crippen LogP) is 1.91. The van der Waals surface area contributed by atoms with E-state index in [2.05, 4.69) is 4.98 Å². The van der Waals surface area contributed by atoms with Gasteiger partial charge in [-0.05, 0) is 6.92 Å². The van der Waals surface area contributed by atoms with Gasteiger partial charge in [0.05, 0.1) is 11.0 Å². The number of rotatable bonds is 3. The average Bonchev–Trinajstić information content (AvgIpc) is 2.72. The number of ether oxygens (including phenoxy) is 2. The Morgan fingerprint density at radius 2 is 2.05 bits per heavy atom. The summed E-state index contributed by atoms with van der Waals surface area (Å²) >= 11 is 1.22. The Hall–Kier alpha value is -1.89. The molecule has 1 unspecified atom stereocenters. The van der Waals surface area contributed by atoms with E-state index in [-0.39, 0.29) is 0 Å². The van der Waals surface area contributed by atoms with Crippen molar-refractivity contribution in [1.29, 1.82) is 0 Å². The Morgan fingerprint density at radius 1 is 1.40 bits per heavy atom. The van der Waals surface area contributed by atoms with Crippen LogP contribution in [0.2, 0.25) is 0 Å². The highest BCUT2D eigenvalue weighted by Gasteiger charge is 2.20. The Kier molecular flexibility index (Phi) is 3.21. The number of aryl methyl sites for hydroxylation is 1. The van der Waals surface area contributed by atoms with Crippen molar-refractivity contribution in [2.45, 2.75) is 17.3 Å². The number of aromatic nitrogens is 2. The van der Waals surface area contributed by atoms with Gasteiger partial charge in [-0.3, -0.25) is 4.79 Å². The summed E-state index contributed by atoms with van der Waals surface area (Å²) < 4.78 is 12.9. The Bertz CT molecular complexity index is 683. The van der Waals surface area contributed by atoms with Gasteiger partial charge in [0.2, 0.25) is 0 Å². The number of nitrogens with zero attached hydrogens (tertiary/aromatic N) is 2. The first-order valence-corrected chi connectivity index (χ1v) is 7.10. The fraction of sp³-hybridized carbons (Fsp3) is 0.385. The van der Waals surface area contributed by atoms with Crippen LogP contribution in [0, 0.1) is 0 Å². The molecule has 3 rings (SSSR count). The predicted molar refractivity (Wildman–Crippen MR) is 74.7 cm³/mol. The number of hydrogen-bond acceptors (Lipinski definition) is 5. The number of fused-ring (bicyclic) bond motifs is 2. The lowest BCUT2D eigenvalue weighted by Crippen LogP contribution is -2.15. The highest BCUT2D eigenvalue weighted by molar-refractivity contribution is 8.00. The molecule has 0 aliphatic carbocycles. The summed E-state index contributed by atoms with van der Waals surface area (Å²) in [5.74, 6) is 0.535. The van der Waals surface area contributed by atoms with Crippen LogP contribution < -0.4 is 9.47 Å². The molecule has 1 atom stereocenters. The van der Waals surface area contributed by atoms with Gasteiger partial charge in [-0.1, -0.05) is 11.8 Å². The van der Waals surface area contributed by atoms with E-state index in [1.54, 1.807) is 6.92 Å². The largest absolute Gasteiger partial charge is 0.486 e. The Balaban J connectivity index is 2.03. The van der Waals surface area contributed by atoms with Crippen molar-refractivity contribution in [3.8, 4) is 11.5 Å². The monoisotopic (exact) mass is 294 g/mol. The quantitative estimate of drug-likeness (QED) is 0.872. The number of hydrogen-bond donors (Lipinski definition) is 1. The standard InChI is InChI=1S/C13H14N2O4S/c1-7(12(16)17)20-13-14-8-5-10-11(19-4-3-18-10)6-9(8)15(13)2/h5-7H,3-4H2,1-2H3,(H,16,17). The summed E-state index contributed by atoms with van der Waals surface area (Å²) in [6.45, 7) is 2.71. The molecule has 7 heteroatoms. The maximum absolute atomic E-state index is 10.9. The molecule has 0 spiro atoms. The molecule has 6 nitrogen and oxygen atoms in total. The normalized spacial score (nSPS) is 15.3. The van der Waals surface area contributed by atoms with E-state index >= 15 is 0 Å². The van der Waals surface area contributed by atoms with Crippen LogP contribution in [0.3, 0.4) is 0 Å². The van der Waals surface area contributed by atoms with Crippen molar-refractivity contribution in [1.82, 2.24) is 9.55 Å². The molecule has 0 saturated carbocycles. The summed E-state index contributed by atoms with van der Waals surface area (Å²) in [6, 6.07) is 3.71. The molecular formula is C13H14N2O4S. The minimum atomic E-state index is -0.854. The lowest BCUT2D eigenvalue weighted by atomic mass is 10.2. The van der Waals surface area contributed by atoms with Gasteiger partial charge >= 0.3 is 5.97 Å². The third kappa shape index (κ3) is 2.18. The Morgan fingerprint density at radius 3 is 2.70 bits per heavy atom. The zero-order valence-corrected chi connectivity index (χ0v) is 11.9. The molecule has 0 bridgehead atoms. The molecule has 0 amide bonds. The molecule has 1 aliphatic heterocycles. The van der Waals surface area contributed by atoms with Crippen molar-refractivity contribution >= 4 is 28.8 Å². The average molecular weight is 294 g/mol. The number of carboxylic acids is 1. The van der Waals surface area contributed by atoms with Crippen molar-refractivity contribution in [3.63, 3.8) is 0 Å². The number of benzene rings is 1. The van der Waals surface area contributed by atoms with Crippen LogP contribution >= 0.6 is 11.8 Å². The molecule has 2 aromatic rings. The third-order valence-corrected chi connectivity index (χ3v) is 4.26. The first kappa shape index (κ1) is 13.1. The molecule has 1 N–H and O–H groups in total. The lowest BCUT2D eigenvalue weighted by molar-refractivity contribution is -0.136. The van der Waals surface area contributed by atoms with E-state index < -0.39 is 11.2 Å². The lowest BCUT2D eigenvalue weighted by Gasteiger charge is -2.18. The van der Waals surface area contributed by atoms with Gasteiger partial charge in [-0.25, -0.2) is 4.98 Å². The third-order valence-electron chi connectivity index (χ3n) is 3.13. The fourth-order valence-corrected chi connectivity index (χ4v) is 2.85. The SMILES string of the molecule is CC(Sc1nc2cc3c(cc2n1C)OCCO3)C(=O)O. The topological polar surface area (TPSA) is 73.6 Å². The van der Waals surface area contributed by atoms with Gasteiger partial charge in [0, 0.05) is 19.2 Å². The summed E-state index contributed by atoms with van der Waals surface area (Å²) in [6.07, 6.45) is 0.